The number of anilines is 2. The number of nitrogens with zero attached hydrogens (tertiary/aromatic N) is 2. The van der Waals surface area contributed by atoms with Crippen LogP contribution in [0, 0.1) is 41.5 Å². The van der Waals surface area contributed by atoms with Crippen molar-refractivity contribution in [2.24, 2.45) is 0 Å². The Morgan fingerprint density at radius 2 is 1.15 bits per heavy atom. The van der Waals surface area contributed by atoms with Crippen molar-refractivity contribution in [3.05, 3.63) is 87.7 Å². The fourth-order valence-electron chi connectivity index (χ4n) is 4.59. The molecule has 0 saturated heterocycles. The Morgan fingerprint density at radius 3 is 1.55 bits per heavy atom. The van der Waals surface area contributed by atoms with Crippen LogP contribution in [0.1, 0.15) is 39.1 Å². The first kappa shape index (κ1) is 26.9. The molecule has 0 amide bonds. The summed E-state index contributed by atoms with van der Waals surface area (Å²) in [5.74, 6) is 0. The zero-order valence-corrected chi connectivity index (χ0v) is 21.9. The molecule has 0 spiro atoms. The molecule has 179 valence electrons. The van der Waals surface area contributed by atoms with Crippen LogP contribution in [-0.4, -0.2) is 36.1 Å². The minimum Gasteiger partial charge on any atom is -0.383 e. The van der Waals surface area contributed by atoms with Crippen LogP contribution in [0.5, 0.6) is 0 Å². The van der Waals surface area contributed by atoms with Gasteiger partial charge in [0.25, 0.3) is 0 Å². The second kappa shape index (κ2) is 12.8. The van der Waals surface area contributed by atoms with Crippen LogP contribution in [0.3, 0.4) is 0 Å². The summed E-state index contributed by atoms with van der Waals surface area (Å²) in [5.41, 5.74) is 11.5. The van der Waals surface area contributed by atoms with Crippen LogP contribution < -0.4 is 10.6 Å². The molecule has 0 aliphatic rings. The van der Waals surface area contributed by atoms with Gasteiger partial charge in [0.1, 0.15) is 0 Å². The van der Waals surface area contributed by atoms with Gasteiger partial charge in [0.05, 0.1) is 5.69 Å². The molecule has 0 bridgehead atoms. The molecule has 0 aliphatic carbocycles. The summed E-state index contributed by atoms with van der Waals surface area (Å²) in [6.07, 6.45) is 1.88. The van der Waals surface area contributed by atoms with E-state index in [-0.39, 0.29) is 16.8 Å². The Labute approximate surface area is 210 Å². The molecular weight excluding hydrogens is 451 g/mol. The van der Waals surface area contributed by atoms with Crippen LogP contribution in [0.2, 0.25) is 0 Å². The van der Waals surface area contributed by atoms with Gasteiger partial charge in [-0.15, -0.1) is 0 Å². The summed E-state index contributed by atoms with van der Waals surface area (Å²) in [4.78, 5) is 7.02. The monoisotopic (exact) mass is 489 g/mol. The molecule has 1 heterocycles. The fourth-order valence-corrected chi connectivity index (χ4v) is 4.59. The van der Waals surface area contributed by atoms with Crippen LogP contribution in [-0.2, 0) is 23.3 Å². The second-order valence-corrected chi connectivity index (χ2v) is 9.00. The summed E-state index contributed by atoms with van der Waals surface area (Å²) in [6.45, 7) is 17.6. The molecule has 0 saturated carbocycles. The first-order valence-corrected chi connectivity index (χ1v) is 11.6. The first-order valence-electron chi connectivity index (χ1n) is 11.6. The molecule has 1 radical (unpaired) electrons. The van der Waals surface area contributed by atoms with E-state index in [2.05, 4.69) is 98.5 Å². The number of benzene rings is 2. The van der Waals surface area contributed by atoms with Gasteiger partial charge in [-0.2, -0.15) is 0 Å². The maximum atomic E-state index is 4.54. The van der Waals surface area contributed by atoms with Gasteiger partial charge in [-0.25, -0.2) is 0 Å². The van der Waals surface area contributed by atoms with Crippen molar-refractivity contribution in [2.45, 2.75) is 48.1 Å². The quantitative estimate of drug-likeness (QED) is 0.369. The number of aromatic nitrogens is 1. The fraction of sp³-hybridized carbons (Fsp3) is 0.393. The average Bonchev–Trinajstić information content (AvgIpc) is 2.72. The Morgan fingerprint density at radius 1 is 0.697 bits per heavy atom. The summed E-state index contributed by atoms with van der Waals surface area (Å²) in [7, 11) is 0. The summed E-state index contributed by atoms with van der Waals surface area (Å²) >= 11 is 0. The molecule has 3 rings (SSSR count). The standard InChI is InChI=1S/C28H38N4.Co/c1-20-15-22(3)27(23(4)16-20)30-11-13-32(19-26-9-7-8-10-29-26)14-12-31-28-24(5)17-21(2)18-25(28)6;/h7-10,15-18,30-31H,11-14,19H2,1-6H3;. The van der Waals surface area contributed by atoms with Gasteiger partial charge < -0.3 is 10.6 Å². The van der Waals surface area contributed by atoms with E-state index in [1.807, 2.05) is 12.3 Å². The Bertz CT molecular complexity index is 924. The number of nitrogens with one attached hydrogen (secondary N) is 2. The summed E-state index contributed by atoms with van der Waals surface area (Å²) < 4.78 is 0. The Kier molecular flexibility index (Phi) is 10.4. The molecule has 0 aliphatic heterocycles. The van der Waals surface area contributed by atoms with Gasteiger partial charge in [-0.05, 0) is 75.9 Å². The van der Waals surface area contributed by atoms with Crippen LogP contribution in [0.25, 0.3) is 0 Å². The topological polar surface area (TPSA) is 40.2 Å². The number of hydrogen-bond donors (Lipinski definition) is 2. The Hall–Kier alpha value is -2.34. The van der Waals surface area contributed by atoms with Crippen LogP contribution in [0.4, 0.5) is 11.4 Å². The smallest absolute Gasteiger partial charge is 0.0543 e. The van der Waals surface area contributed by atoms with Crippen LogP contribution >= 0.6 is 0 Å². The molecule has 0 atom stereocenters. The molecule has 2 aromatic carbocycles. The van der Waals surface area contributed by atoms with Crippen molar-refractivity contribution in [1.82, 2.24) is 9.88 Å². The van der Waals surface area contributed by atoms with Gasteiger partial charge in [-0.1, -0.05) is 41.5 Å². The van der Waals surface area contributed by atoms with Crippen molar-refractivity contribution in [3.8, 4) is 0 Å². The van der Waals surface area contributed by atoms with Crippen molar-refractivity contribution in [3.63, 3.8) is 0 Å². The zero-order chi connectivity index (χ0) is 23.1. The summed E-state index contributed by atoms with van der Waals surface area (Å²) in [6, 6.07) is 15.1. The third-order valence-electron chi connectivity index (χ3n) is 5.93. The molecule has 0 unspecified atom stereocenters. The number of pyridine rings is 1. The van der Waals surface area contributed by atoms with E-state index in [1.165, 1.54) is 44.8 Å². The molecule has 3 aromatic rings. The van der Waals surface area contributed by atoms with E-state index in [1.54, 1.807) is 0 Å². The third-order valence-corrected chi connectivity index (χ3v) is 5.93. The molecule has 4 nitrogen and oxygen atoms in total. The normalized spacial score (nSPS) is 10.8. The summed E-state index contributed by atoms with van der Waals surface area (Å²) in [5, 5.41) is 7.35. The molecule has 2 N–H and O–H groups in total. The van der Waals surface area contributed by atoms with E-state index in [0.29, 0.717) is 0 Å². The van der Waals surface area contributed by atoms with Crippen LogP contribution in [0.15, 0.2) is 48.7 Å². The number of hydrogen-bond acceptors (Lipinski definition) is 4. The van der Waals surface area contributed by atoms with Crippen molar-refractivity contribution < 1.29 is 16.8 Å². The first-order chi connectivity index (χ1) is 15.3. The van der Waals surface area contributed by atoms with E-state index >= 15 is 0 Å². The number of rotatable bonds is 10. The largest absolute Gasteiger partial charge is 0.383 e. The molecule has 0 fully saturated rings. The molecule has 5 heteroatoms. The molecule has 1 aromatic heterocycles. The predicted molar refractivity (Wildman–Crippen MR) is 138 cm³/mol. The molecule has 33 heavy (non-hydrogen) atoms. The van der Waals surface area contributed by atoms with Gasteiger partial charge in [0, 0.05) is 67.1 Å². The SMILES string of the molecule is Cc1cc(C)c(NCCN(CCNc2c(C)cc(C)cc2C)Cc2ccccn2)c(C)c1.[Co]. The van der Waals surface area contributed by atoms with E-state index in [4.69, 9.17) is 0 Å². The van der Waals surface area contributed by atoms with E-state index < -0.39 is 0 Å². The third kappa shape index (κ3) is 7.88. The van der Waals surface area contributed by atoms with Gasteiger partial charge in [0.2, 0.25) is 0 Å². The minimum atomic E-state index is 0. The second-order valence-electron chi connectivity index (χ2n) is 9.00. The van der Waals surface area contributed by atoms with E-state index in [9.17, 15) is 0 Å². The van der Waals surface area contributed by atoms with Gasteiger partial charge >= 0.3 is 0 Å². The van der Waals surface area contributed by atoms with Gasteiger partial charge in [-0.3, -0.25) is 9.88 Å². The zero-order valence-electron chi connectivity index (χ0n) is 20.9. The maximum Gasteiger partial charge on any atom is 0.0543 e. The number of aryl methyl sites for hydroxylation is 6. The van der Waals surface area contributed by atoms with Crippen molar-refractivity contribution >= 4 is 11.4 Å². The minimum absolute atomic E-state index is 0. The van der Waals surface area contributed by atoms with E-state index in [0.717, 1.165) is 38.4 Å². The van der Waals surface area contributed by atoms with Crippen molar-refractivity contribution in [1.29, 1.82) is 0 Å². The van der Waals surface area contributed by atoms with Crippen molar-refractivity contribution in [2.75, 3.05) is 36.8 Å². The maximum absolute atomic E-state index is 4.54. The molecular formula is C28H38CoN4. The van der Waals surface area contributed by atoms with Gasteiger partial charge in [0.15, 0.2) is 0 Å². The Balaban J connectivity index is 0.00000385. The average molecular weight is 490 g/mol. The predicted octanol–water partition coefficient (Wildman–Crippen LogP) is 5.96.